The van der Waals surface area contributed by atoms with Crippen LogP contribution in [0.3, 0.4) is 0 Å². The van der Waals surface area contributed by atoms with Gasteiger partial charge < -0.3 is 10.2 Å². The molecule has 1 saturated heterocycles. The molecule has 1 aliphatic rings. The van der Waals surface area contributed by atoms with Crippen LogP contribution in [-0.2, 0) is 14.4 Å². The lowest BCUT2D eigenvalue weighted by Crippen LogP contribution is -2.46. The summed E-state index contributed by atoms with van der Waals surface area (Å²) in [6.45, 7) is 5.85. The molecule has 1 aliphatic heterocycles. The molecule has 0 spiro atoms. The second-order valence-corrected chi connectivity index (χ2v) is 4.21. The van der Waals surface area contributed by atoms with Gasteiger partial charge in [-0.05, 0) is 19.9 Å². The highest BCUT2D eigenvalue weighted by Crippen LogP contribution is 2.04. The molecule has 0 radical (unpaired) electrons. The Bertz CT molecular complexity index is 355. The first-order valence-electron chi connectivity index (χ1n) is 5.71. The number of hydrogen-bond acceptors (Lipinski definition) is 4. The van der Waals surface area contributed by atoms with E-state index in [0.717, 1.165) is 13.1 Å². The minimum Gasteiger partial charge on any atom is -0.336 e. The minimum atomic E-state index is -0.307. The van der Waals surface area contributed by atoms with Crippen LogP contribution >= 0.6 is 0 Å². The summed E-state index contributed by atoms with van der Waals surface area (Å²) in [5, 5.41) is 3.15. The van der Waals surface area contributed by atoms with Crippen LogP contribution in [0.15, 0.2) is 11.6 Å². The Morgan fingerprint density at radius 1 is 1.18 bits per heavy atom. The van der Waals surface area contributed by atoms with Crippen LogP contribution in [0.5, 0.6) is 0 Å². The van der Waals surface area contributed by atoms with Crippen molar-refractivity contribution < 1.29 is 14.4 Å². The van der Waals surface area contributed by atoms with Gasteiger partial charge in [0.05, 0.1) is 6.42 Å². The summed E-state index contributed by atoms with van der Waals surface area (Å²) >= 11 is 0. The number of amides is 1. The number of hydrogen-bond donors (Lipinski definition) is 1. The van der Waals surface area contributed by atoms with Crippen LogP contribution in [0.4, 0.5) is 0 Å². The number of nitrogens with zero attached hydrogens (tertiary/aromatic N) is 1. The average Bonchev–Trinajstić information content (AvgIpc) is 2.28. The van der Waals surface area contributed by atoms with E-state index >= 15 is 0 Å². The molecule has 0 unspecified atom stereocenters. The smallest absolute Gasteiger partial charge is 0.249 e. The third kappa shape index (κ3) is 4.48. The number of carbonyl (C=O) groups excluding carboxylic acids is 3. The number of rotatable bonds is 4. The largest absolute Gasteiger partial charge is 0.336 e. The summed E-state index contributed by atoms with van der Waals surface area (Å²) in [7, 11) is 0. The SMILES string of the molecule is CC(=O)CC(=O)/C=C(\C)C(=O)N1CCNCC1. The predicted molar refractivity (Wildman–Crippen MR) is 63.5 cm³/mol. The van der Waals surface area contributed by atoms with E-state index in [1.807, 2.05) is 0 Å². The van der Waals surface area contributed by atoms with Crippen LogP contribution in [-0.4, -0.2) is 48.6 Å². The molecule has 0 aromatic heterocycles. The Balaban J connectivity index is 2.58. The van der Waals surface area contributed by atoms with Crippen LogP contribution < -0.4 is 5.32 Å². The Labute approximate surface area is 101 Å². The molecule has 0 saturated carbocycles. The quantitative estimate of drug-likeness (QED) is 0.549. The zero-order chi connectivity index (χ0) is 12.8. The lowest BCUT2D eigenvalue weighted by Gasteiger charge is -2.27. The van der Waals surface area contributed by atoms with Gasteiger partial charge in [-0.1, -0.05) is 0 Å². The maximum Gasteiger partial charge on any atom is 0.249 e. The molecule has 5 heteroatoms. The summed E-state index contributed by atoms with van der Waals surface area (Å²) in [6.07, 6.45) is 1.14. The van der Waals surface area contributed by atoms with Crippen LogP contribution in [0.25, 0.3) is 0 Å². The fourth-order valence-corrected chi connectivity index (χ4v) is 1.72. The summed E-state index contributed by atoms with van der Waals surface area (Å²) in [4.78, 5) is 35.7. The van der Waals surface area contributed by atoms with Crippen molar-refractivity contribution in [2.75, 3.05) is 26.2 Å². The first-order valence-corrected chi connectivity index (χ1v) is 5.71. The van der Waals surface area contributed by atoms with Gasteiger partial charge in [0.1, 0.15) is 5.78 Å². The van der Waals surface area contributed by atoms with Crippen molar-refractivity contribution in [2.24, 2.45) is 0 Å². The molecule has 0 aliphatic carbocycles. The maximum atomic E-state index is 11.9. The molecule has 1 heterocycles. The Kier molecular flexibility index (Phi) is 5.03. The normalized spacial score (nSPS) is 16.8. The van der Waals surface area contributed by atoms with E-state index in [1.54, 1.807) is 11.8 Å². The predicted octanol–water partition coefficient (Wildman–Crippen LogP) is -0.0873. The van der Waals surface area contributed by atoms with Crippen LogP contribution in [0, 0.1) is 0 Å². The van der Waals surface area contributed by atoms with Crippen molar-refractivity contribution in [1.29, 1.82) is 0 Å². The van der Waals surface area contributed by atoms with Gasteiger partial charge in [-0.3, -0.25) is 14.4 Å². The van der Waals surface area contributed by atoms with Gasteiger partial charge in [0.15, 0.2) is 5.78 Å². The molecule has 94 valence electrons. The fourth-order valence-electron chi connectivity index (χ4n) is 1.72. The zero-order valence-corrected chi connectivity index (χ0v) is 10.3. The van der Waals surface area contributed by atoms with E-state index in [-0.39, 0.29) is 23.9 Å². The molecule has 5 nitrogen and oxygen atoms in total. The van der Waals surface area contributed by atoms with E-state index in [4.69, 9.17) is 0 Å². The minimum absolute atomic E-state index is 0.122. The molecule has 17 heavy (non-hydrogen) atoms. The molecule has 0 aromatic rings. The van der Waals surface area contributed by atoms with Gasteiger partial charge in [0.25, 0.3) is 0 Å². The van der Waals surface area contributed by atoms with Gasteiger partial charge in [-0.2, -0.15) is 0 Å². The molecule has 0 aromatic carbocycles. The van der Waals surface area contributed by atoms with Crippen LogP contribution in [0.1, 0.15) is 20.3 Å². The molecule has 1 amide bonds. The lowest BCUT2D eigenvalue weighted by molar-refractivity contribution is -0.128. The van der Waals surface area contributed by atoms with Crippen molar-refractivity contribution in [1.82, 2.24) is 10.2 Å². The summed E-state index contributed by atoms with van der Waals surface area (Å²) in [5.74, 6) is -0.615. The van der Waals surface area contributed by atoms with Crippen molar-refractivity contribution in [3.05, 3.63) is 11.6 Å². The molecule has 1 fully saturated rings. The number of ketones is 2. The lowest BCUT2D eigenvalue weighted by atomic mass is 10.1. The molecule has 1 rings (SSSR count). The first kappa shape index (κ1) is 13.6. The number of Topliss-reactive ketones (excluding diaryl/α,β-unsaturated/α-hetero) is 1. The third-order valence-corrected chi connectivity index (χ3v) is 2.54. The highest BCUT2D eigenvalue weighted by atomic mass is 16.2. The monoisotopic (exact) mass is 238 g/mol. The zero-order valence-electron chi connectivity index (χ0n) is 10.3. The summed E-state index contributed by atoms with van der Waals surface area (Å²) in [5.41, 5.74) is 0.401. The number of allylic oxidation sites excluding steroid dienone is 1. The standard InChI is InChI=1S/C12H18N2O3/c1-9(7-11(16)8-10(2)15)12(17)14-5-3-13-4-6-14/h7,13H,3-6,8H2,1-2H3/b9-7+. The van der Waals surface area contributed by atoms with E-state index in [0.29, 0.717) is 18.7 Å². The number of piperazine rings is 1. The third-order valence-electron chi connectivity index (χ3n) is 2.54. The Hall–Kier alpha value is -1.49. The average molecular weight is 238 g/mol. The Morgan fingerprint density at radius 2 is 1.76 bits per heavy atom. The highest BCUT2D eigenvalue weighted by molar-refractivity contribution is 6.07. The molecule has 0 bridgehead atoms. The topological polar surface area (TPSA) is 66.5 Å². The number of nitrogens with one attached hydrogen (secondary N) is 1. The molecular formula is C12H18N2O3. The van der Waals surface area contributed by atoms with Crippen molar-refractivity contribution in [2.45, 2.75) is 20.3 Å². The van der Waals surface area contributed by atoms with Crippen molar-refractivity contribution in [3.8, 4) is 0 Å². The Morgan fingerprint density at radius 3 is 2.29 bits per heavy atom. The summed E-state index contributed by atoms with van der Waals surface area (Å²) < 4.78 is 0. The molecule has 1 N–H and O–H groups in total. The van der Waals surface area contributed by atoms with E-state index in [2.05, 4.69) is 5.32 Å². The van der Waals surface area contributed by atoms with Crippen LogP contribution in [0.2, 0.25) is 0 Å². The molecular weight excluding hydrogens is 220 g/mol. The van der Waals surface area contributed by atoms with Crippen molar-refractivity contribution >= 4 is 17.5 Å². The number of carbonyl (C=O) groups is 3. The second-order valence-electron chi connectivity index (χ2n) is 4.21. The molecule has 0 atom stereocenters. The van der Waals surface area contributed by atoms with Crippen molar-refractivity contribution in [3.63, 3.8) is 0 Å². The van der Waals surface area contributed by atoms with E-state index in [9.17, 15) is 14.4 Å². The highest BCUT2D eigenvalue weighted by Gasteiger charge is 2.18. The van der Waals surface area contributed by atoms with Gasteiger partial charge in [0, 0.05) is 31.8 Å². The van der Waals surface area contributed by atoms with Gasteiger partial charge in [-0.25, -0.2) is 0 Å². The van der Waals surface area contributed by atoms with E-state index in [1.165, 1.54) is 13.0 Å². The second kappa shape index (κ2) is 6.30. The fraction of sp³-hybridized carbons (Fsp3) is 0.583. The summed E-state index contributed by atoms with van der Waals surface area (Å²) in [6, 6.07) is 0. The van der Waals surface area contributed by atoms with E-state index < -0.39 is 0 Å². The van der Waals surface area contributed by atoms with Gasteiger partial charge in [-0.15, -0.1) is 0 Å². The maximum absolute atomic E-state index is 11.9. The van der Waals surface area contributed by atoms with Gasteiger partial charge >= 0.3 is 0 Å². The first-order chi connectivity index (χ1) is 8.00. The van der Waals surface area contributed by atoms with Gasteiger partial charge in [0.2, 0.25) is 5.91 Å².